The summed E-state index contributed by atoms with van der Waals surface area (Å²) in [5.74, 6) is -2.38. The lowest BCUT2D eigenvalue weighted by Crippen LogP contribution is -2.47. The Morgan fingerprint density at radius 1 is 1.13 bits per heavy atom. The van der Waals surface area contributed by atoms with E-state index in [-0.39, 0.29) is 35.9 Å². The quantitative estimate of drug-likeness (QED) is 0.729. The highest BCUT2D eigenvalue weighted by Crippen LogP contribution is 2.33. The zero-order valence-electron chi connectivity index (χ0n) is 17.4. The number of anilines is 1. The number of imide groups is 1. The zero-order chi connectivity index (χ0) is 22.1. The van der Waals surface area contributed by atoms with E-state index < -0.39 is 35.3 Å². The highest BCUT2D eigenvalue weighted by atomic mass is 19.1. The predicted molar refractivity (Wildman–Crippen MR) is 106 cm³/mol. The number of nitrogens with one attached hydrogen (secondary N) is 2. The van der Waals surface area contributed by atoms with Crippen LogP contribution in [0, 0.1) is 11.6 Å². The largest absolute Gasteiger partial charge is 0.444 e. The van der Waals surface area contributed by atoms with Crippen molar-refractivity contribution in [3.05, 3.63) is 29.3 Å². The third-order valence-corrected chi connectivity index (χ3v) is 5.24. The summed E-state index contributed by atoms with van der Waals surface area (Å²) in [5.41, 5.74) is -0.448. The standard InChI is InChI=1S/C21H27F2N3O4/c1-21(2,3)30-20(29)26-8-6-12(7-9-26)13-10-15(23)17(11-14(13)22)24-16-4-5-18(27)25-19(16)28/h10-12,16,24H,4-9H2,1-3H3,(H,25,27,28). The van der Waals surface area contributed by atoms with Crippen molar-refractivity contribution in [3.63, 3.8) is 0 Å². The smallest absolute Gasteiger partial charge is 0.410 e. The van der Waals surface area contributed by atoms with E-state index in [9.17, 15) is 23.2 Å². The van der Waals surface area contributed by atoms with E-state index in [0.717, 1.165) is 12.1 Å². The Kier molecular flexibility index (Phi) is 6.28. The van der Waals surface area contributed by atoms with Gasteiger partial charge < -0.3 is 15.0 Å². The Labute approximate surface area is 174 Å². The number of carbonyl (C=O) groups excluding carboxylic acids is 3. The normalized spacial score (nSPS) is 20.7. The molecular weight excluding hydrogens is 396 g/mol. The highest BCUT2D eigenvalue weighted by molar-refractivity contribution is 6.01. The molecule has 0 radical (unpaired) electrons. The number of benzene rings is 1. The van der Waals surface area contributed by atoms with Crippen molar-refractivity contribution in [1.29, 1.82) is 0 Å². The van der Waals surface area contributed by atoms with E-state index in [1.54, 1.807) is 25.7 Å². The van der Waals surface area contributed by atoms with Gasteiger partial charge in [-0.3, -0.25) is 14.9 Å². The van der Waals surface area contributed by atoms with Crippen molar-refractivity contribution in [2.45, 2.75) is 64.0 Å². The maximum atomic E-state index is 14.7. The molecule has 0 saturated carbocycles. The Balaban J connectivity index is 1.64. The average Bonchev–Trinajstić information content (AvgIpc) is 2.65. The fraction of sp³-hybridized carbons (Fsp3) is 0.571. The van der Waals surface area contributed by atoms with Crippen molar-refractivity contribution in [1.82, 2.24) is 10.2 Å². The molecule has 9 heteroatoms. The van der Waals surface area contributed by atoms with Crippen LogP contribution in [0.1, 0.15) is 57.9 Å². The van der Waals surface area contributed by atoms with Crippen LogP contribution in [0.4, 0.5) is 19.3 Å². The van der Waals surface area contributed by atoms with Gasteiger partial charge in [0.15, 0.2) is 0 Å². The maximum absolute atomic E-state index is 14.7. The Hall–Kier alpha value is -2.71. The van der Waals surface area contributed by atoms with E-state index in [1.165, 1.54) is 0 Å². The van der Waals surface area contributed by atoms with Gasteiger partial charge in [-0.2, -0.15) is 0 Å². The van der Waals surface area contributed by atoms with Crippen LogP contribution in [0.2, 0.25) is 0 Å². The van der Waals surface area contributed by atoms with E-state index in [2.05, 4.69) is 10.6 Å². The summed E-state index contributed by atoms with van der Waals surface area (Å²) in [4.78, 5) is 36.8. The summed E-state index contributed by atoms with van der Waals surface area (Å²) >= 11 is 0. The first-order valence-electron chi connectivity index (χ1n) is 10.1. The van der Waals surface area contributed by atoms with E-state index in [0.29, 0.717) is 25.9 Å². The molecule has 1 aromatic carbocycles. The van der Waals surface area contributed by atoms with Crippen LogP contribution < -0.4 is 10.6 Å². The first-order chi connectivity index (χ1) is 14.0. The summed E-state index contributed by atoms with van der Waals surface area (Å²) < 4.78 is 34.7. The fourth-order valence-corrected chi connectivity index (χ4v) is 3.70. The van der Waals surface area contributed by atoms with Crippen molar-refractivity contribution < 1.29 is 27.9 Å². The molecule has 1 atom stereocenters. The van der Waals surface area contributed by atoms with Crippen molar-refractivity contribution in [2.24, 2.45) is 0 Å². The molecule has 1 aromatic rings. The lowest BCUT2D eigenvalue weighted by atomic mass is 9.89. The second kappa shape index (κ2) is 8.57. The van der Waals surface area contributed by atoms with Gasteiger partial charge in [-0.1, -0.05) is 0 Å². The molecule has 0 aromatic heterocycles. The molecule has 3 amide bonds. The number of hydrogen-bond acceptors (Lipinski definition) is 5. The number of ether oxygens (including phenoxy) is 1. The lowest BCUT2D eigenvalue weighted by Gasteiger charge is -2.33. The van der Waals surface area contributed by atoms with Gasteiger partial charge in [-0.05, 0) is 57.6 Å². The molecule has 2 aliphatic rings. The van der Waals surface area contributed by atoms with Gasteiger partial charge in [0.25, 0.3) is 0 Å². The maximum Gasteiger partial charge on any atom is 0.410 e. The minimum absolute atomic E-state index is 0.114. The molecule has 0 spiro atoms. The van der Waals surface area contributed by atoms with Gasteiger partial charge in [-0.25, -0.2) is 13.6 Å². The molecule has 2 fully saturated rings. The zero-order valence-corrected chi connectivity index (χ0v) is 17.4. The average molecular weight is 423 g/mol. The monoisotopic (exact) mass is 423 g/mol. The van der Waals surface area contributed by atoms with Gasteiger partial charge in [-0.15, -0.1) is 0 Å². The second-order valence-corrected chi connectivity index (χ2v) is 8.74. The van der Waals surface area contributed by atoms with Crippen LogP contribution >= 0.6 is 0 Å². The van der Waals surface area contributed by atoms with E-state index in [4.69, 9.17) is 4.74 Å². The van der Waals surface area contributed by atoms with Gasteiger partial charge in [0.1, 0.15) is 23.3 Å². The summed E-state index contributed by atoms with van der Waals surface area (Å²) in [5, 5.41) is 4.86. The lowest BCUT2D eigenvalue weighted by molar-refractivity contribution is -0.133. The molecular formula is C21H27F2N3O4. The molecule has 0 bridgehead atoms. The molecule has 2 N–H and O–H groups in total. The summed E-state index contributed by atoms with van der Waals surface area (Å²) in [6.45, 7) is 6.18. The second-order valence-electron chi connectivity index (χ2n) is 8.74. The molecule has 0 aliphatic carbocycles. The minimum atomic E-state index is -0.792. The van der Waals surface area contributed by atoms with Crippen LogP contribution in [0.3, 0.4) is 0 Å². The van der Waals surface area contributed by atoms with E-state index >= 15 is 0 Å². The molecule has 7 nitrogen and oxygen atoms in total. The number of rotatable bonds is 3. The third kappa shape index (κ3) is 5.25. The van der Waals surface area contributed by atoms with Crippen molar-refractivity contribution in [3.8, 4) is 0 Å². The molecule has 1 unspecified atom stereocenters. The van der Waals surface area contributed by atoms with Crippen LogP contribution in [0.15, 0.2) is 12.1 Å². The molecule has 2 aliphatic heterocycles. The molecule has 2 saturated heterocycles. The van der Waals surface area contributed by atoms with Crippen molar-refractivity contribution in [2.75, 3.05) is 18.4 Å². The number of hydrogen-bond donors (Lipinski definition) is 2. The number of halogens is 2. The van der Waals surface area contributed by atoms with E-state index in [1.807, 2.05) is 0 Å². The van der Waals surface area contributed by atoms with Gasteiger partial charge in [0.2, 0.25) is 11.8 Å². The Morgan fingerprint density at radius 3 is 2.40 bits per heavy atom. The number of likely N-dealkylation sites (tertiary alicyclic amines) is 1. The Bertz CT molecular complexity index is 845. The first-order valence-corrected chi connectivity index (χ1v) is 10.1. The van der Waals surface area contributed by atoms with Crippen LogP contribution in [0.25, 0.3) is 0 Å². The number of amides is 3. The molecule has 30 heavy (non-hydrogen) atoms. The molecule has 164 valence electrons. The highest BCUT2D eigenvalue weighted by Gasteiger charge is 2.30. The summed E-state index contributed by atoms with van der Waals surface area (Å²) in [6.07, 6.45) is 0.945. The SMILES string of the molecule is CC(C)(C)OC(=O)N1CCC(c2cc(F)c(NC3CCC(=O)NC3=O)cc2F)CC1. The molecule has 2 heterocycles. The fourth-order valence-electron chi connectivity index (χ4n) is 3.70. The number of carbonyl (C=O) groups is 3. The minimum Gasteiger partial charge on any atom is -0.444 e. The third-order valence-electron chi connectivity index (χ3n) is 5.24. The predicted octanol–water partition coefficient (Wildman–Crippen LogP) is 3.30. The number of nitrogens with zero attached hydrogens (tertiary/aromatic N) is 1. The topological polar surface area (TPSA) is 87.7 Å². The van der Waals surface area contributed by atoms with Crippen LogP contribution in [-0.2, 0) is 14.3 Å². The Morgan fingerprint density at radius 2 is 1.80 bits per heavy atom. The number of piperidine rings is 2. The van der Waals surface area contributed by atoms with Gasteiger partial charge in [0.05, 0.1) is 5.69 Å². The van der Waals surface area contributed by atoms with Crippen molar-refractivity contribution >= 4 is 23.6 Å². The first kappa shape index (κ1) is 22.0. The molecule has 3 rings (SSSR count). The summed E-state index contributed by atoms with van der Waals surface area (Å²) in [6, 6.07) is 1.41. The van der Waals surface area contributed by atoms with Crippen LogP contribution in [-0.4, -0.2) is 47.5 Å². The summed E-state index contributed by atoms with van der Waals surface area (Å²) in [7, 11) is 0. The van der Waals surface area contributed by atoms with Gasteiger partial charge >= 0.3 is 6.09 Å². The van der Waals surface area contributed by atoms with Gasteiger partial charge in [0, 0.05) is 25.6 Å². The van der Waals surface area contributed by atoms with Crippen LogP contribution in [0.5, 0.6) is 0 Å².